The quantitative estimate of drug-likeness (QED) is 0.655. The molecule has 0 radical (unpaired) electrons. The third-order valence-electron chi connectivity index (χ3n) is 6.66. The van der Waals surface area contributed by atoms with Crippen molar-refractivity contribution >= 4 is 43.9 Å². The van der Waals surface area contributed by atoms with E-state index in [0.717, 1.165) is 25.2 Å². The zero-order valence-corrected chi connectivity index (χ0v) is 16.8. The van der Waals surface area contributed by atoms with Crippen LogP contribution in [-0.4, -0.2) is 60.2 Å². The minimum Gasteiger partial charge on any atom is -0.652 e. The van der Waals surface area contributed by atoms with Crippen LogP contribution >= 0.6 is 0 Å². The molecule has 5 atom stereocenters. The van der Waals surface area contributed by atoms with Crippen molar-refractivity contribution in [3.05, 3.63) is 29.3 Å². The molecule has 5 nitrogen and oxygen atoms in total. The van der Waals surface area contributed by atoms with Crippen molar-refractivity contribution in [2.24, 2.45) is 17.3 Å². The van der Waals surface area contributed by atoms with E-state index in [0.29, 0.717) is 17.6 Å². The molecule has 0 spiro atoms. The van der Waals surface area contributed by atoms with Gasteiger partial charge in [0, 0.05) is 0 Å². The SMILES string of the molecule is C[C@]12CC[C@@H]3c4ccc(O)cc4CC[C@H]3[C@@H]1CC[C@@H]2O.O=C([O-])[O-].[Ca+2]. The number of phenols is 1. The van der Waals surface area contributed by atoms with Gasteiger partial charge in [-0.15, -0.1) is 0 Å². The maximum Gasteiger partial charge on any atom is 2.00 e. The average molecular weight is 372 g/mol. The van der Waals surface area contributed by atoms with Crippen LogP contribution in [0.1, 0.15) is 56.1 Å². The summed E-state index contributed by atoms with van der Waals surface area (Å²) in [6, 6.07) is 5.96. The number of hydrogen-bond donors (Lipinski definition) is 2. The minimum atomic E-state index is -2.33. The van der Waals surface area contributed by atoms with Crippen molar-refractivity contribution in [1.82, 2.24) is 0 Å². The number of carbonyl (C=O) groups excluding carboxylic acids is 1. The molecule has 0 saturated heterocycles. The first-order valence-corrected chi connectivity index (χ1v) is 8.71. The van der Waals surface area contributed by atoms with E-state index in [4.69, 9.17) is 15.0 Å². The first kappa shape index (κ1) is 20.8. The predicted octanol–water partition coefficient (Wildman–Crippen LogP) is 0.781. The Morgan fingerprint density at radius 3 is 2.56 bits per heavy atom. The standard InChI is InChI=1S/C18H24O2.CH2O3.Ca/c1-18-9-8-14-13-5-3-12(19)10-11(13)2-4-15(14)16(18)6-7-17(18)20;2-1(3)4;/h3,5,10,14-17,19-20H,2,4,6-9H2,1H3;(H2,2,3,4);/q;;+2/p-2/t14-,15-,16+,17+,18+;;/m1../s1. The number of aromatic hydroxyl groups is 1. The molecular weight excluding hydrogens is 348 g/mol. The Labute approximate surface area is 178 Å². The molecule has 0 unspecified atom stereocenters. The smallest absolute Gasteiger partial charge is 0.652 e. The molecule has 3 aliphatic rings. The molecule has 3 aliphatic carbocycles. The summed E-state index contributed by atoms with van der Waals surface area (Å²) >= 11 is 0. The fourth-order valence-electron chi connectivity index (χ4n) is 5.54. The second-order valence-corrected chi connectivity index (χ2v) is 7.69. The zero-order chi connectivity index (χ0) is 17.5. The van der Waals surface area contributed by atoms with Crippen LogP contribution in [-0.2, 0) is 6.42 Å². The van der Waals surface area contributed by atoms with Crippen LogP contribution in [0.5, 0.6) is 5.75 Å². The van der Waals surface area contributed by atoms with Gasteiger partial charge in [-0.1, -0.05) is 13.0 Å². The molecule has 1 aromatic carbocycles. The van der Waals surface area contributed by atoms with E-state index in [-0.39, 0.29) is 49.3 Å². The second-order valence-electron chi connectivity index (χ2n) is 7.69. The largest absolute Gasteiger partial charge is 2.00 e. The molecule has 0 bridgehead atoms. The summed E-state index contributed by atoms with van der Waals surface area (Å²) in [5.74, 6) is 2.49. The Morgan fingerprint density at radius 1 is 1.20 bits per heavy atom. The van der Waals surface area contributed by atoms with E-state index in [1.54, 1.807) is 0 Å². The molecule has 6 heteroatoms. The Balaban J connectivity index is 0.000000411. The number of carboxylic acid groups (broad SMARTS) is 2. The minimum absolute atomic E-state index is 0. The van der Waals surface area contributed by atoms with Gasteiger partial charge >= 0.3 is 37.7 Å². The zero-order valence-electron chi connectivity index (χ0n) is 14.6. The molecule has 4 rings (SSSR count). The van der Waals surface area contributed by atoms with Crippen molar-refractivity contribution in [2.75, 3.05) is 0 Å². The van der Waals surface area contributed by atoms with Crippen molar-refractivity contribution in [3.8, 4) is 5.75 Å². The molecule has 25 heavy (non-hydrogen) atoms. The molecule has 2 N–H and O–H groups in total. The van der Waals surface area contributed by atoms with Gasteiger partial charge in [0.05, 0.1) is 6.10 Å². The summed E-state index contributed by atoms with van der Waals surface area (Å²) in [5.41, 5.74) is 2.99. The topological polar surface area (TPSA) is 104 Å². The number of carbonyl (C=O) groups is 1. The van der Waals surface area contributed by atoms with Crippen LogP contribution < -0.4 is 10.2 Å². The van der Waals surface area contributed by atoms with Gasteiger partial charge in [0.25, 0.3) is 0 Å². The van der Waals surface area contributed by atoms with E-state index < -0.39 is 6.16 Å². The number of hydrogen-bond acceptors (Lipinski definition) is 5. The Morgan fingerprint density at radius 2 is 1.88 bits per heavy atom. The molecule has 0 heterocycles. The summed E-state index contributed by atoms with van der Waals surface area (Å²) in [5, 5.41) is 36.7. The number of fused-ring (bicyclic) bond motifs is 5. The van der Waals surface area contributed by atoms with Crippen molar-refractivity contribution in [3.63, 3.8) is 0 Å². The van der Waals surface area contributed by atoms with Crippen LogP contribution in [0.3, 0.4) is 0 Å². The van der Waals surface area contributed by atoms with Crippen LogP contribution in [0.25, 0.3) is 0 Å². The summed E-state index contributed by atoms with van der Waals surface area (Å²) in [6.07, 6.45) is 4.45. The normalized spacial score (nSPS) is 35.1. The average Bonchev–Trinajstić information content (AvgIpc) is 2.82. The van der Waals surface area contributed by atoms with Crippen LogP contribution in [0.15, 0.2) is 18.2 Å². The van der Waals surface area contributed by atoms with Crippen LogP contribution in [0.2, 0.25) is 0 Å². The third-order valence-corrected chi connectivity index (χ3v) is 6.66. The Bertz CT molecular complexity index is 630. The van der Waals surface area contributed by atoms with Gasteiger partial charge in [-0.3, -0.25) is 0 Å². The molecule has 2 saturated carbocycles. The van der Waals surface area contributed by atoms with Gasteiger partial charge in [0.2, 0.25) is 0 Å². The molecule has 0 aromatic heterocycles. The van der Waals surface area contributed by atoms with Gasteiger partial charge < -0.3 is 25.2 Å². The number of aliphatic hydroxyl groups is 1. The van der Waals surface area contributed by atoms with Gasteiger partial charge in [0.1, 0.15) is 5.75 Å². The monoisotopic (exact) mass is 372 g/mol. The Hall–Kier alpha value is -0.490. The number of aliphatic hydroxyl groups excluding tert-OH is 1. The van der Waals surface area contributed by atoms with Crippen molar-refractivity contribution in [1.29, 1.82) is 0 Å². The fourth-order valence-corrected chi connectivity index (χ4v) is 5.54. The van der Waals surface area contributed by atoms with Crippen LogP contribution in [0, 0.1) is 17.3 Å². The first-order valence-electron chi connectivity index (χ1n) is 8.71. The van der Waals surface area contributed by atoms with Gasteiger partial charge in [-0.05, 0) is 91.1 Å². The van der Waals surface area contributed by atoms with E-state index in [1.165, 1.54) is 30.4 Å². The third kappa shape index (κ3) is 3.94. The predicted molar refractivity (Wildman–Crippen MR) is 89.9 cm³/mol. The van der Waals surface area contributed by atoms with Gasteiger partial charge in [0.15, 0.2) is 0 Å². The Kier molecular flexibility index (Phi) is 6.69. The molecule has 1 aromatic rings. The number of aryl methyl sites for hydroxylation is 1. The number of benzene rings is 1. The van der Waals surface area contributed by atoms with E-state index in [2.05, 4.69) is 13.0 Å². The molecule has 132 valence electrons. The van der Waals surface area contributed by atoms with Gasteiger partial charge in [-0.2, -0.15) is 0 Å². The van der Waals surface area contributed by atoms with Crippen LogP contribution in [0.4, 0.5) is 4.79 Å². The first-order chi connectivity index (χ1) is 11.3. The summed E-state index contributed by atoms with van der Waals surface area (Å²) in [6.45, 7) is 2.32. The second kappa shape index (κ2) is 8.03. The fraction of sp³-hybridized carbons (Fsp3) is 0.632. The van der Waals surface area contributed by atoms with E-state index in [9.17, 15) is 10.2 Å². The summed E-state index contributed by atoms with van der Waals surface area (Å²) < 4.78 is 0. The summed E-state index contributed by atoms with van der Waals surface area (Å²) in [4.78, 5) is 8.33. The number of phenolic OH excluding ortho intramolecular Hbond substituents is 1. The molecule has 0 aliphatic heterocycles. The maximum absolute atomic E-state index is 10.4. The maximum atomic E-state index is 10.4. The molecule has 2 fully saturated rings. The summed E-state index contributed by atoms with van der Waals surface area (Å²) in [7, 11) is 0. The van der Waals surface area contributed by atoms with Crippen molar-refractivity contribution in [2.45, 2.75) is 57.5 Å². The molecular formula is C19H24CaO5. The van der Waals surface area contributed by atoms with E-state index in [1.807, 2.05) is 12.1 Å². The molecule has 0 amide bonds. The number of rotatable bonds is 0. The van der Waals surface area contributed by atoms with Gasteiger partial charge in [-0.25, -0.2) is 0 Å². The van der Waals surface area contributed by atoms with E-state index >= 15 is 0 Å². The van der Waals surface area contributed by atoms with Crippen molar-refractivity contribution < 1.29 is 25.2 Å².